The molecular weight excluding hydrogens is 436 g/mol. The van der Waals surface area contributed by atoms with Crippen molar-refractivity contribution in [3.05, 3.63) is 42.1 Å². The molecule has 1 saturated heterocycles. The molecule has 2 heterocycles. The lowest BCUT2D eigenvalue weighted by Crippen LogP contribution is -2.35. The summed E-state index contributed by atoms with van der Waals surface area (Å²) in [4.78, 5) is 20.2. The molecule has 0 bridgehead atoms. The van der Waals surface area contributed by atoms with Crippen LogP contribution < -0.4 is 15.0 Å². The highest BCUT2D eigenvalue weighted by Crippen LogP contribution is 2.54. The number of pyridine rings is 1. The van der Waals surface area contributed by atoms with E-state index in [1.54, 1.807) is 30.3 Å². The van der Waals surface area contributed by atoms with Gasteiger partial charge in [-0.2, -0.15) is 0 Å². The molecule has 1 atom stereocenters. The molecule has 1 amide bonds. The third-order valence-corrected chi connectivity index (χ3v) is 9.46. The van der Waals surface area contributed by atoms with E-state index in [2.05, 4.69) is 15.2 Å². The van der Waals surface area contributed by atoms with E-state index >= 15 is 0 Å². The fraction of sp³-hybridized carbons (Fsp3) is 0.520. The first-order valence-electron chi connectivity index (χ1n) is 12.0. The summed E-state index contributed by atoms with van der Waals surface area (Å²) < 4.78 is 27.2. The number of hydrogen-bond acceptors (Lipinski definition) is 6. The van der Waals surface area contributed by atoms with Crippen LogP contribution in [-0.2, 0) is 9.73 Å². The van der Waals surface area contributed by atoms with Crippen molar-refractivity contribution in [2.75, 3.05) is 29.9 Å². The summed E-state index contributed by atoms with van der Waals surface area (Å²) in [5.41, 5.74) is 2.34. The maximum Gasteiger partial charge on any atom is 0.274 e. The maximum absolute atomic E-state index is 13.1. The second-order valence-corrected chi connectivity index (χ2v) is 12.0. The Morgan fingerprint density at radius 3 is 2.64 bits per heavy atom. The van der Waals surface area contributed by atoms with Crippen LogP contribution in [0.25, 0.3) is 0 Å². The number of carbonyl (C=O) groups is 1. The van der Waals surface area contributed by atoms with Gasteiger partial charge < -0.3 is 15.0 Å². The minimum Gasteiger partial charge on any atom is -0.478 e. The Morgan fingerprint density at radius 2 is 1.97 bits per heavy atom. The predicted octanol–water partition coefficient (Wildman–Crippen LogP) is 5.07. The molecule has 33 heavy (non-hydrogen) atoms. The van der Waals surface area contributed by atoms with Gasteiger partial charge in [0.2, 0.25) is 5.88 Å². The van der Waals surface area contributed by atoms with Crippen LogP contribution in [0.4, 0.5) is 11.4 Å². The van der Waals surface area contributed by atoms with Crippen molar-refractivity contribution < 1.29 is 13.7 Å². The Hall–Kier alpha value is -2.61. The molecule has 2 aliphatic carbocycles. The van der Waals surface area contributed by atoms with Gasteiger partial charge in [0.25, 0.3) is 5.91 Å². The van der Waals surface area contributed by atoms with Crippen LogP contribution in [0.3, 0.4) is 0 Å². The summed E-state index contributed by atoms with van der Waals surface area (Å²) in [6.45, 7) is 4.39. The number of aromatic nitrogens is 1. The highest BCUT2D eigenvalue weighted by Gasteiger charge is 2.44. The quantitative estimate of drug-likeness (QED) is 0.564. The number of ether oxygens (including phenoxy) is 1. The highest BCUT2D eigenvalue weighted by atomic mass is 32.2. The lowest BCUT2D eigenvalue weighted by Gasteiger charge is -2.35. The summed E-state index contributed by atoms with van der Waals surface area (Å²) >= 11 is 0. The molecule has 1 spiro atoms. The monoisotopic (exact) mass is 468 g/mol. The standard InChI is InChI=1S/C25H32N4O3S/c1-2-16-32-23-5-3-4-21(27-23)24(30)28-20-9-8-19(33(26,31)18-6-7-18)17-22(20)29-14-12-25(10-11-25)13-15-29/h3-5,8-9,17-18,26H,2,6-7,10-16H2,1H3,(H,28,30). The summed E-state index contributed by atoms with van der Waals surface area (Å²) in [5, 5.41) is 2.97. The smallest absolute Gasteiger partial charge is 0.274 e. The van der Waals surface area contributed by atoms with Gasteiger partial charge in [0, 0.05) is 29.3 Å². The summed E-state index contributed by atoms with van der Waals surface area (Å²) in [6, 6.07) is 10.6. The van der Waals surface area contributed by atoms with Crippen LogP contribution in [-0.4, -0.2) is 40.0 Å². The number of carbonyl (C=O) groups excluding carboxylic acids is 1. The van der Waals surface area contributed by atoms with Crippen molar-refractivity contribution in [1.82, 2.24) is 4.98 Å². The summed E-state index contributed by atoms with van der Waals surface area (Å²) in [6.07, 6.45) is 7.48. The van der Waals surface area contributed by atoms with Gasteiger partial charge in [0.15, 0.2) is 0 Å². The predicted molar refractivity (Wildman–Crippen MR) is 130 cm³/mol. The Kier molecular flexibility index (Phi) is 5.80. The molecule has 7 nitrogen and oxygen atoms in total. The number of nitrogens with zero attached hydrogens (tertiary/aromatic N) is 2. The van der Waals surface area contributed by atoms with Gasteiger partial charge >= 0.3 is 0 Å². The van der Waals surface area contributed by atoms with Gasteiger partial charge in [-0.3, -0.25) is 4.79 Å². The van der Waals surface area contributed by atoms with E-state index in [1.807, 2.05) is 13.0 Å². The van der Waals surface area contributed by atoms with Gasteiger partial charge in [-0.1, -0.05) is 13.0 Å². The molecule has 1 aromatic carbocycles. The lowest BCUT2D eigenvalue weighted by molar-refractivity contribution is 0.102. The van der Waals surface area contributed by atoms with Crippen LogP contribution in [0.2, 0.25) is 0 Å². The first-order valence-corrected chi connectivity index (χ1v) is 13.6. The number of nitrogens with one attached hydrogen (secondary N) is 2. The number of amides is 1. The minimum absolute atomic E-state index is 0.0445. The number of benzene rings is 1. The average molecular weight is 469 g/mol. The second-order valence-electron chi connectivity index (χ2n) is 9.63. The minimum atomic E-state index is -2.82. The fourth-order valence-corrected chi connectivity index (χ4v) is 6.31. The molecule has 0 radical (unpaired) electrons. The zero-order chi connectivity index (χ0) is 23.1. The van der Waals surface area contributed by atoms with Crippen LogP contribution in [0, 0.1) is 10.2 Å². The van der Waals surface area contributed by atoms with Crippen LogP contribution in [0.5, 0.6) is 5.88 Å². The topological polar surface area (TPSA) is 95.4 Å². The summed E-state index contributed by atoms with van der Waals surface area (Å²) in [5.74, 6) is 0.125. The number of hydrogen-bond donors (Lipinski definition) is 2. The molecule has 3 aliphatic rings. The van der Waals surface area contributed by atoms with E-state index in [9.17, 15) is 9.00 Å². The SMILES string of the molecule is CCCOc1cccc(C(=O)Nc2ccc(S(=N)(=O)C3CC3)cc2N2CCC3(CC2)CC3)n1. The van der Waals surface area contributed by atoms with Gasteiger partial charge in [0.1, 0.15) is 5.69 Å². The van der Waals surface area contributed by atoms with Crippen molar-refractivity contribution in [1.29, 1.82) is 4.78 Å². The largest absolute Gasteiger partial charge is 0.478 e. The van der Waals surface area contributed by atoms with Gasteiger partial charge in [-0.25, -0.2) is 14.0 Å². The zero-order valence-corrected chi connectivity index (χ0v) is 20.0. The fourth-order valence-electron chi connectivity index (χ4n) is 4.57. The highest BCUT2D eigenvalue weighted by molar-refractivity contribution is 7.93. The molecule has 2 N–H and O–H groups in total. The molecule has 176 valence electrons. The van der Waals surface area contributed by atoms with Crippen molar-refractivity contribution in [2.45, 2.75) is 62.0 Å². The number of anilines is 2. The van der Waals surface area contributed by atoms with Gasteiger partial charge in [-0.15, -0.1) is 0 Å². The van der Waals surface area contributed by atoms with E-state index in [-0.39, 0.29) is 16.9 Å². The van der Waals surface area contributed by atoms with Gasteiger partial charge in [-0.05, 0) is 74.6 Å². The molecular formula is C25H32N4O3S. The van der Waals surface area contributed by atoms with Crippen molar-refractivity contribution in [3.8, 4) is 5.88 Å². The zero-order valence-electron chi connectivity index (χ0n) is 19.1. The molecule has 5 rings (SSSR count). The third kappa shape index (κ3) is 4.71. The average Bonchev–Trinajstić information content (AvgIpc) is 3.75. The first kappa shape index (κ1) is 22.2. The van der Waals surface area contributed by atoms with Crippen molar-refractivity contribution >= 4 is 27.0 Å². The molecule has 1 unspecified atom stereocenters. The summed E-state index contributed by atoms with van der Waals surface area (Å²) in [7, 11) is -2.82. The second kappa shape index (κ2) is 8.63. The number of rotatable bonds is 8. The first-order chi connectivity index (χ1) is 15.9. The Morgan fingerprint density at radius 1 is 1.21 bits per heavy atom. The van der Waals surface area contributed by atoms with Crippen LogP contribution in [0.15, 0.2) is 41.3 Å². The molecule has 8 heteroatoms. The normalized spacial score (nSPS) is 20.8. The molecule has 2 aromatic rings. The van der Waals surface area contributed by atoms with E-state index in [4.69, 9.17) is 9.52 Å². The van der Waals surface area contributed by atoms with Crippen LogP contribution in [0.1, 0.15) is 62.4 Å². The molecule has 1 aromatic heterocycles. The van der Waals surface area contributed by atoms with Gasteiger partial charge in [0.05, 0.1) is 27.7 Å². The Balaban J connectivity index is 1.41. The van der Waals surface area contributed by atoms with E-state index in [1.165, 1.54) is 12.8 Å². The van der Waals surface area contributed by atoms with E-state index in [0.29, 0.717) is 28.5 Å². The molecule has 1 aliphatic heterocycles. The lowest BCUT2D eigenvalue weighted by atomic mass is 9.93. The van der Waals surface area contributed by atoms with Crippen molar-refractivity contribution in [3.63, 3.8) is 0 Å². The van der Waals surface area contributed by atoms with E-state index < -0.39 is 9.73 Å². The van der Waals surface area contributed by atoms with Crippen molar-refractivity contribution in [2.24, 2.45) is 5.41 Å². The van der Waals surface area contributed by atoms with Crippen LogP contribution >= 0.6 is 0 Å². The number of piperidine rings is 1. The molecule has 2 saturated carbocycles. The molecule has 3 fully saturated rings. The van der Waals surface area contributed by atoms with E-state index in [0.717, 1.165) is 50.9 Å². The third-order valence-electron chi connectivity index (χ3n) is 7.09. The Bertz CT molecular complexity index is 1150. The maximum atomic E-state index is 13.1. The Labute approximate surface area is 195 Å².